The minimum Gasteiger partial charge on any atom is -0.444 e. The highest BCUT2D eigenvalue weighted by molar-refractivity contribution is 5.67. The van der Waals surface area contributed by atoms with Crippen LogP contribution in [0, 0.1) is 11.3 Å². The maximum atomic E-state index is 11.9. The van der Waals surface area contributed by atoms with Crippen LogP contribution >= 0.6 is 0 Å². The van der Waals surface area contributed by atoms with Crippen molar-refractivity contribution in [3.63, 3.8) is 0 Å². The van der Waals surface area contributed by atoms with E-state index in [9.17, 15) is 9.90 Å². The van der Waals surface area contributed by atoms with Crippen molar-refractivity contribution in [1.29, 1.82) is 0 Å². The second-order valence-electron chi connectivity index (χ2n) is 8.11. The summed E-state index contributed by atoms with van der Waals surface area (Å²) in [5.41, 5.74) is -1.00. The van der Waals surface area contributed by atoms with Crippen LogP contribution in [0.1, 0.15) is 60.3 Å². The third-order valence-corrected chi connectivity index (χ3v) is 4.52. The third-order valence-electron chi connectivity index (χ3n) is 4.52. The average Bonchev–Trinajstić information content (AvgIpc) is 3.22. The van der Waals surface area contributed by atoms with E-state index in [-0.39, 0.29) is 17.6 Å². The van der Waals surface area contributed by atoms with E-state index in [1.807, 2.05) is 34.6 Å². The highest BCUT2D eigenvalue weighted by Gasteiger charge is 2.45. The van der Waals surface area contributed by atoms with E-state index in [1.54, 1.807) is 7.11 Å². The van der Waals surface area contributed by atoms with Crippen LogP contribution in [0.15, 0.2) is 0 Å². The van der Waals surface area contributed by atoms with Crippen LogP contribution in [0.2, 0.25) is 0 Å². The lowest BCUT2D eigenvalue weighted by molar-refractivity contribution is -0.00882. The quantitative estimate of drug-likeness (QED) is 0.722. The Morgan fingerprint density at radius 2 is 1.77 bits per heavy atom. The minimum absolute atomic E-state index is 0.0766. The monoisotopic (exact) mass is 315 g/mol. The predicted molar refractivity (Wildman–Crippen MR) is 86.8 cm³/mol. The van der Waals surface area contributed by atoms with Gasteiger partial charge in [-0.15, -0.1) is 0 Å². The van der Waals surface area contributed by atoms with E-state index in [4.69, 9.17) is 9.47 Å². The molecule has 0 aromatic heterocycles. The van der Waals surface area contributed by atoms with Crippen LogP contribution in [0.4, 0.5) is 4.79 Å². The molecule has 1 aliphatic carbocycles. The molecule has 22 heavy (non-hydrogen) atoms. The summed E-state index contributed by atoms with van der Waals surface area (Å²) in [5.74, 6) is 0.472. The SMILES string of the molecule is COC(C)(C)CCC(CO)(CNC(=O)OC(C)(C)C)C1CC1. The smallest absolute Gasteiger partial charge is 0.407 e. The first-order valence-electron chi connectivity index (χ1n) is 8.16. The summed E-state index contributed by atoms with van der Waals surface area (Å²) in [4.78, 5) is 11.9. The minimum atomic E-state index is -0.510. The van der Waals surface area contributed by atoms with Gasteiger partial charge < -0.3 is 19.9 Å². The topological polar surface area (TPSA) is 67.8 Å². The first-order chi connectivity index (χ1) is 10.0. The van der Waals surface area contributed by atoms with Gasteiger partial charge in [0.25, 0.3) is 0 Å². The molecule has 0 radical (unpaired) electrons. The zero-order chi connectivity index (χ0) is 17.0. The Kier molecular flexibility index (Phi) is 6.27. The molecule has 1 unspecified atom stereocenters. The molecule has 0 aromatic carbocycles. The van der Waals surface area contributed by atoms with Gasteiger partial charge in [-0.05, 0) is 66.2 Å². The molecule has 0 aromatic rings. The summed E-state index contributed by atoms with van der Waals surface area (Å²) in [6.45, 7) is 10.1. The summed E-state index contributed by atoms with van der Waals surface area (Å²) in [7, 11) is 1.71. The third kappa shape index (κ3) is 6.13. The molecule has 0 spiro atoms. The Bertz CT molecular complexity index is 371. The van der Waals surface area contributed by atoms with Gasteiger partial charge in [0.05, 0.1) is 12.2 Å². The van der Waals surface area contributed by atoms with E-state index in [2.05, 4.69) is 5.32 Å². The first kappa shape index (κ1) is 19.2. The molecule has 5 heteroatoms. The number of carbonyl (C=O) groups excluding carboxylic acids is 1. The fourth-order valence-electron chi connectivity index (χ4n) is 2.61. The van der Waals surface area contributed by atoms with Gasteiger partial charge in [0.2, 0.25) is 0 Å². The van der Waals surface area contributed by atoms with E-state index in [0.717, 1.165) is 25.7 Å². The van der Waals surface area contributed by atoms with Crippen molar-refractivity contribution in [3.8, 4) is 0 Å². The average molecular weight is 315 g/mol. The van der Waals surface area contributed by atoms with Crippen LogP contribution in [0.5, 0.6) is 0 Å². The van der Waals surface area contributed by atoms with Crippen molar-refractivity contribution >= 4 is 6.09 Å². The number of aliphatic hydroxyl groups excluding tert-OH is 1. The molecule has 1 aliphatic rings. The van der Waals surface area contributed by atoms with Gasteiger partial charge in [0.1, 0.15) is 5.60 Å². The lowest BCUT2D eigenvalue weighted by Gasteiger charge is -2.35. The molecule has 1 rings (SSSR count). The lowest BCUT2D eigenvalue weighted by Crippen LogP contribution is -2.44. The second kappa shape index (κ2) is 7.18. The fourth-order valence-corrected chi connectivity index (χ4v) is 2.61. The largest absolute Gasteiger partial charge is 0.444 e. The van der Waals surface area contributed by atoms with Crippen LogP contribution in [-0.4, -0.2) is 42.7 Å². The Morgan fingerprint density at radius 3 is 2.18 bits per heavy atom. The molecular weight excluding hydrogens is 282 g/mol. The predicted octanol–water partition coefficient (Wildman–Crippen LogP) is 3.11. The zero-order valence-corrected chi connectivity index (χ0v) is 15.0. The molecule has 0 heterocycles. The van der Waals surface area contributed by atoms with Gasteiger partial charge in [-0.3, -0.25) is 0 Å². The Hall–Kier alpha value is -0.810. The number of nitrogens with one attached hydrogen (secondary N) is 1. The normalized spacial score (nSPS) is 18.7. The van der Waals surface area contributed by atoms with Gasteiger partial charge in [-0.25, -0.2) is 4.79 Å². The molecule has 2 N–H and O–H groups in total. The molecule has 130 valence electrons. The molecule has 1 saturated carbocycles. The molecule has 0 bridgehead atoms. The molecule has 1 fully saturated rings. The number of alkyl carbamates (subject to hydrolysis) is 1. The fraction of sp³-hybridized carbons (Fsp3) is 0.941. The van der Waals surface area contributed by atoms with Crippen molar-refractivity contribution in [2.45, 2.75) is 71.5 Å². The molecule has 0 saturated heterocycles. The zero-order valence-electron chi connectivity index (χ0n) is 15.0. The summed E-state index contributed by atoms with van der Waals surface area (Å²) >= 11 is 0. The van der Waals surface area contributed by atoms with Gasteiger partial charge in [0, 0.05) is 19.1 Å². The summed E-state index contributed by atoms with van der Waals surface area (Å²) in [5, 5.41) is 12.8. The van der Waals surface area contributed by atoms with Gasteiger partial charge >= 0.3 is 6.09 Å². The van der Waals surface area contributed by atoms with Crippen molar-refractivity contribution in [3.05, 3.63) is 0 Å². The van der Waals surface area contributed by atoms with Crippen molar-refractivity contribution in [2.75, 3.05) is 20.3 Å². The van der Waals surface area contributed by atoms with Crippen LogP contribution < -0.4 is 5.32 Å². The van der Waals surface area contributed by atoms with Gasteiger partial charge in [-0.2, -0.15) is 0 Å². The molecule has 0 aliphatic heterocycles. The number of methoxy groups -OCH3 is 1. The van der Waals surface area contributed by atoms with Crippen LogP contribution in [0.3, 0.4) is 0 Å². The molecular formula is C17H33NO4. The molecule has 1 amide bonds. The van der Waals surface area contributed by atoms with Crippen LogP contribution in [-0.2, 0) is 9.47 Å². The number of carbonyl (C=O) groups is 1. The van der Waals surface area contributed by atoms with E-state index in [0.29, 0.717) is 12.5 Å². The maximum absolute atomic E-state index is 11.9. The number of amides is 1. The molecule has 5 nitrogen and oxygen atoms in total. The number of hydrogen-bond acceptors (Lipinski definition) is 4. The van der Waals surface area contributed by atoms with Crippen molar-refractivity contribution < 1.29 is 19.4 Å². The second-order valence-corrected chi connectivity index (χ2v) is 8.11. The molecule has 1 atom stereocenters. The highest BCUT2D eigenvalue weighted by atomic mass is 16.6. The maximum Gasteiger partial charge on any atom is 0.407 e. The first-order valence-corrected chi connectivity index (χ1v) is 8.16. The summed E-state index contributed by atoms with van der Waals surface area (Å²) in [6.07, 6.45) is 3.48. The van der Waals surface area contributed by atoms with Gasteiger partial charge in [-0.1, -0.05) is 0 Å². The lowest BCUT2D eigenvalue weighted by atomic mass is 9.76. The Balaban J connectivity index is 2.62. The van der Waals surface area contributed by atoms with Gasteiger partial charge in [0.15, 0.2) is 0 Å². The van der Waals surface area contributed by atoms with E-state index in [1.165, 1.54) is 0 Å². The number of hydrogen-bond donors (Lipinski definition) is 2. The number of ether oxygens (including phenoxy) is 2. The number of aliphatic hydroxyl groups is 1. The van der Waals surface area contributed by atoms with Crippen molar-refractivity contribution in [1.82, 2.24) is 5.32 Å². The summed E-state index contributed by atoms with van der Waals surface area (Å²) in [6, 6.07) is 0. The Labute approximate surface area is 134 Å². The van der Waals surface area contributed by atoms with E-state index >= 15 is 0 Å². The van der Waals surface area contributed by atoms with Crippen molar-refractivity contribution in [2.24, 2.45) is 11.3 Å². The number of rotatable bonds is 8. The highest BCUT2D eigenvalue weighted by Crippen LogP contribution is 2.48. The van der Waals surface area contributed by atoms with Crippen LogP contribution in [0.25, 0.3) is 0 Å². The summed E-state index contributed by atoms with van der Waals surface area (Å²) < 4.78 is 10.8. The Morgan fingerprint density at radius 1 is 1.18 bits per heavy atom. The van der Waals surface area contributed by atoms with E-state index < -0.39 is 11.7 Å². The standard InChI is InChI=1S/C17H33NO4/c1-15(2,3)22-14(20)18-11-17(12-19,13-7-8-13)10-9-16(4,5)21-6/h13,19H,7-12H2,1-6H3,(H,18,20).